The molecule has 4 nitrogen and oxygen atoms in total. The third-order valence-electron chi connectivity index (χ3n) is 3.79. The number of rotatable bonds is 3. The Kier molecular flexibility index (Phi) is 5.25. The van der Waals surface area contributed by atoms with Gasteiger partial charge in [0.25, 0.3) is 5.91 Å². The molecule has 0 radical (unpaired) electrons. The van der Waals surface area contributed by atoms with Gasteiger partial charge >= 0.3 is 12.1 Å². The quantitative estimate of drug-likeness (QED) is 0.566. The molecule has 1 aliphatic heterocycles. The second kappa shape index (κ2) is 7.32. The summed E-state index contributed by atoms with van der Waals surface area (Å²) < 4.78 is 38.1. The minimum Gasteiger partial charge on any atom is -0.478 e. The molecule has 140 valence electrons. The first kappa shape index (κ1) is 19.4. The maximum atomic E-state index is 12.9. The van der Waals surface area contributed by atoms with Crippen molar-refractivity contribution in [1.82, 2.24) is 0 Å². The molecular formula is C18H12F3NO3S2. The van der Waals surface area contributed by atoms with Crippen LogP contribution in [-0.2, 0) is 11.0 Å². The van der Waals surface area contributed by atoms with E-state index in [-0.39, 0.29) is 11.3 Å². The van der Waals surface area contributed by atoms with Crippen LogP contribution in [-0.4, -0.2) is 21.7 Å². The van der Waals surface area contributed by atoms with Gasteiger partial charge in [-0.1, -0.05) is 30.0 Å². The zero-order chi connectivity index (χ0) is 19.8. The molecule has 1 unspecified atom stereocenters. The van der Waals surface area contributed by atoms with Crippen molar-refractivity contribution < 1.29 is 27.9 Å². The van der Waals surface area contributed by atoms with Crippen LogP contribution in [0.4, 0.5) is 18.9 Å². The maximum Gasteiger partial charge on any atom is 0.416 e. The second-order valence-corrected chi connectivity index (χ2v) is 7.56. The van der Waals surface area contributed by atoms with E-state index in [0.717, 1.165) is 23.9 Å². The Labute approximate surface area is 162 Å². The minimum absolute atomic E-state index is 0.104. The number of anilines is 1. The number of carboxylic acids is 1. The SMILES string of the molecule is O=C(O)c1ccc(/C=C2\SC(S)N(c3cccc(C(F)(F)F)c3)C2=O)cc1. The number of halogens is 3. The van der Waals surface area contributed by atoms with E-state index in [0.29, 0.717) is 10.5 Å². The topological polar surface area (TPSA) is 57.6 Å². The molecule has 1 saturated heterocycles. The first-order chi connectivity index (χ1) is 12.7. The lowest BCUT2D eigenvalue weighted by atomic mass is 10.1. The summed E-state index contributed by atoms with van der Waals surface area (Å²) in [5, 5.41) is 8.91. The van der Waals surface area contributed by atoms with Gasteiger partial charge in [0.05, 0.1) is 16.0 Å². The second-order valence-electron chi connectivity index (χ2n) is 5.60. The number of thioether (sulfide) groups is 1. The van der Waals surface area contributed by atoms with Crippen molar-refractivity contribution in [3.8, 4) is 0 Å². The van der Waals surface area contributed by atoms with Crippen LogP contribution in [0.1, 0.15) is 21.5 Å². The van der Waals surface area contributed by atoms with E-state index < -0.39 is 28.3 Å². The molecule has 0 bridgehead atoms. The molecule has 0 saturated carbocycles. The Hall–Kier alpha value is -2.39. The smallest absolute Gasteiger partial charge is 0.416 e. The molecule has 0 aliphatic carbocycles. The number of benzene rings is 2. The number of carbonyl (C=O) groups excluding carboxylic acids is 1. The van der Waals surface area contributed by atoms with Crippen LogP contribution >= 0.6 is 24.4 Å². The van der Waals surface area contributed by atoms with Crippen LogP contribution in [0.25, 0.3) is 6.08 Å². The number of nitrogens with zero attached hydrogens (tertiary/aromatic N) is 1. The molecule has 1 heterocycles. The van der Waals surface area contributed by atoms with Crippen LogP contribution < -0.4 is 4.90 Å². The van der Waals surface area contributed by atoms with Crippen molar-refractivity contribution in [3.63, 3.8) is 0 Å². The van der Waals surface area contributed by atoms with Crippen LogP contribution in [0.15, 0.2) is 53.4 Å². The Morgan fingerprint density at radius 3 is 2.44 bits per heavy atom. The number of thiol groups is 1. The van der Waals surface area contributed by atoms with Crippen molar-refractivity contribution in [2.24, 2.45) is 0 Å². The van der Waals surface area contributed by atoms with Gasteiger partial charge < -0.3 is 5.11 Å². The summed E-state index contributed by atoms with van der Waals surface area (Å²) in [6.07, 6.45) is -2.96. The zero-order valence-electron chi connectivity index (χ0n) is 13.5. The molecule has 2 aromatic rings. The summed E-state index contributed by atoms with van der Waals surface area (Å²) in [4.78, 5) is 25.0. The van der Waals surface area contributed by atoms with Crippen molar-refractivity contribution in [2.75, 3.05) is 4.90 Å². The summed E-state index contributed by atoms with van der Waals surface area (Å²) >= 11 is 5.40. The number of hydrogen-bond acceptors (Lipinski definition) is 4. The highest BCUT2D eigenvalue weighted by atomic mass is 32.2. The largest absolute Gasteiger partial charge is 0.478 e. The molecule has 1 atom stereocenters. The fraction of sp³-hybridized carbons (Fsp3) is 0.111. The van der Waals surface area contributed by atoms with Gasteiger partial charge in [0.2, 0.25) is 0 Å². The number of alkyl halides is 3. The average molecular weight is 411 g/mol. The van der Waals surface area contributed by atoms with Gasteiger partial charge in [0, 0.05) is 5.69 Å². The fourth-order valence-corrected chi connectivity index (χ4v) is 4.01. The van der Waals surface area contributed by atoms with Crippen molar-refractivity contribution in [3.05, 3.63) is 70.1 Å². The third-order valence-corrected chi connectivity index (χ3v) is 5.31. The van der Waals surface area contributed by atoms with Gasteiger partial charge in [0.15, 0.2) is 0 Å². The van der Waals surface area contributed by atoms with Crippen LogP contribution in [0, 0.1) is 0 Å². The first-order valence-corrected chi connectivity index (χ1v) is 8.97. The maximum absolute atomic E-state index is 12.9. The summed E-state index contributed by atoms with van der Waals surface area (Å²) in [6.45, 7) is 0. The summed E-state index contributed by atoms with van der Waals surface area (Å²) in [6, 6.07) is 10.4. The third kappa shape index (κ3) is 4.14. The van der Waals surface area contributed by atoms with Crippen molar-refractivity contribution in [1.29, 1.82) is 0 Å². The highest BCUT2D eigenvalue weighted by molar-refractivity contribution is 8.14. The summed E-state index contributed by atoms with van der Waals surface area (Å²) in [5.41, 5.74) is -0.0329. The Morgan fingerprint density at radius 2 is 1.85 bits per heavy atom. The number of carboxylic acid groups (broad SMARTS) is 1. The van der Waals surface area contributed by atoms with Gasteiger partial charge in [-0.3, -0.25) is 9.69 Å². The first-order valence-electron chi connectivity index (χ1n) is 7.57. The molecule has 3 rings (SSSR count). The molecular weight excluding hydrogens is 399 g/mol. The molecule has 1 amide bonds. The van der Waals surface area contributed by atoms with Crippen LogP contribution in [0.2, 0.25) is 0 Å². The van der Waals surface area contributed by atoms with Crippen LogP contribution in [0.5, 0.6) is 0 Å². The van der Waals surface area contributed by atoms with E-state index >= 15 is 0 Å². The average Bonchev–Trinajstić information content (AvgIpc) is 2.88. The molecule has 2 aromatic carbocycles. The van der Waals surface area contributed by atoms with Gasteiger partial charge in [-0.2, -0.15) is 13.2 Å². The van der Waals surface area contributed by atoms with Crippen molar-refractivity contribution in [2.45, 2.75) is 10.9 Å². The van der Waals surface area contributed by atoms with E-state index in [1.54, 1.807) is 18.2 Å². The lowest BCUT2D eigenvalue weighted by molar-refractivity contribution is -0.137. The lowest BCUT2D eigenvalue weighted by Crippen LogP contribution is -2.29. The van der Waals surface area contributed by atoms with Gasteiger partial charge in [-0.25, -0.2) is 4.79 Å². The highest BCUT2D eigenvalue weighted by Gasteiger charge is 2.37. The van der Waals surface area contributed by atoms with Gasteiger partial charge in [0.1, 0.15) is 4.71 Å². The minimum atomic E-state index is -4.51. The van der Waals surface area contributed by atoms with E-state index in [1.165, 1.54) is 29.2 Å². The molecule has 1 fully saturated rings. The normalized spacial score (nSPS) is 19.0. The van der Waals surface area contributed by atoms with E-state index in [2.05, 4.69) is 12.6 Å². The molecule has 9 heteroatoms. The van der Waals surface area contributed by atoms with E-state index in [4.69, 9.17) is 5.11 Å². The molecule has 1 N–H and O–H groups in total. The Bertz CT molecular complexity index is 926. The van der Waals surface area contributed by atoms with Gasteiger partial charge in [-0.15, -0.1) is 12.6 Å². The van der Waals surface area contributed by atoms with Gasteiger partial charge in [-0.05, 0) is 42.0 Å². The fourth-order valence-electron chi connectivity index (χ4n) is 2.48. The summed E-state index contributed by atoms with van der Waals surface area (Å²) in [5.74, 6) is -1.53. The Morgan fingerprint density at radius 1 is 1.19 bits per heavy atom. The zero-order valence-corrected chi connectivity index (χ0v) is 15.2. The number of hydrogen-bond donors (Lipinski definition) is 2. The Balaban J connectivity index is 1.89. The summed E-state index contributed by atoms with van der Waals surface area (Å²) in [7, 11) is 0. The predicted molar refractivity (Wildman–Crippen MR) is 101 cm³/mol. The monoisotopic (exact) mass is 411 g/mol. The van der Waals surface area contributed by atoms with Crippen LogP contribution in [0.3, 0.4) is 0 Å². The number of amides is 1. The van der Waals surface area contributed by atoms with Crippen molar-refractivity contribution >= 4 is 48.0 Å². The van der Waals surface area contributed by atoms with E-state index in [1.807, 2.05) is 0 Å². The number of aromatic carboxylic acids is 1. The standard InChI is InChI=1S/C18H12F3NO3S2/c19-18(20,21)12-2-1-3-13(9-12)22-15(23)14(27-17(22)26)8-10-4-6-11(7-5-10)16(24)25/h1-9,17,26H,(H,24,25)/b14-8-. The molecule has 27 heavy (non-hydrogen) atoms. The molecule has 0 aromatic heterocycles. The number of carbonyl (C=O) groups is 2. The van der Waals surface area contributed by atoms with E-state index in [9.17, 15) is 22.8 Å². The highest BCUT2D eigenvalue weighted by Crippen LogP contribution is 2.42. The molecule has 0 spiro atoms. The molecule has 1 aliphatic rings. The predicted octanol–water partition coefficient (Wildman–Crippen LogP) is 4.74. The lowest BCUT2D eigenvalue weighted by Gasteiger charge is -2.20.